The summed E-state index contributed by atoms with van der Waals surface area (Å²) in [5, 5.41) is 13.6. The predicted molar refractivity (Wildman–Crippen MR) is 89.7 cm³/mol. The van der Waals surface area contributed by atoms with Crippen molar-refractivity contribution in [3.63, 3.8) is 0 Å². The van der Waals surface area contributed by atoms with Gasteiger partial charge in [-0.1, -0.05) is 24.3 Å². The summed E-state index contributed by atoms with van der Waals surface area (Å²) in [6, 6.07) is 11.5. The summed E-state index contributed by atoms with van der Waals surface area (Å²) >= 11 is 1.72. The second-order valence-electron chi connectivity index (χ2n) is 4.73. The standard InChI is InChI=1S/C16H20N2O2S/c17-15-11-13-5-2-1-4-12(13)10-14(15)16(20)18-6-9-21-8-3-7-19/h1-2,4-5,10-11,19H,3,6-9,17H2,(H,18,20). The first-order chi connectivity index (χ1) is 10.2. The lowest BCUT2D eigenvalue weighted by Gasteiger charge is -2.09. The first-order valence-electron chi connectivity index (χ1n) is 6.97. The summed E-state index contributed by atoms with van der Waals surface area (Å²) in [4.78, 5) is 12.2. The van der Waals surface area contributed by atoms with Crippen molar-refractivity contribution < 1.29 is 9.90 Å². The fourth-order valence-electron chi connectivity index (χ4n) is 2.06. The van der Waals surface area contributed by atoms with Crippen LogP contribution in [0.1, 0.15) is 16.8 Å². The Hall–Kier alpha value is -1.72. The van der Waals surface area contributed by atoms with Crippen LogP contribution in [0.2, 0.25) is 0 Å². The molecule has 2 rings (SSSR count). The normalized spacial score (nSPS) is 10.7. The van der Waals surface area contributed by atoms with Crippen LogP contribution in [0.4, 0.5) is 5.69 Å². The van der Waals surface area contributed by atoms with Crippen LogP contribution in [0.3, 0.4) is 0 Å². The third kappa shape index (κ3) is 4.37. The maximum atomic E-state index is 12.2. The van der Waals surface area contributed by atoms with Gasteiger partial charge in [0.25, 0.3) is 5.91 Å². The fraction of sp³-hybridized carbons (Fsp3) is 0.312. The van der Waals surface area contributed by atoms with E-state index in [0.717, 1.165) is 28.7 Å². The number of nitrogens with two attached hydrogens (primary N) is 1. The number of hydrogen-bond acceptors (Lipinski definition) is 4. The number of amides is 1. The number of rotatable bonds is 7. The molecule has 0 saturated carbocycles. The van der Waals surface area contributed by atoms with Crippen molar-refractivity contribution in [3.05, 3.63) is 42.0 Å². The lowest BCUT2D eigenvalue weighted by molar-refractivity contribution is 0.0957. The van der Waals surface area contributed by atoms with Gasteiger partial charge >= 0.3 is 0 Å². The van der Waals surface area contributed by atoms with Gasteiger partial charge in [0, 0.05) is 24.6 Å². The molecule has 0 aliphatic rings. The van der Waals surface area contributed by atoms with E-state index in [1.54, 1.807) is 11.8 Å². The van der Waals surface area contributed by atoms with Gasteiger partial charge in [0.1, 0.15) is 0 Å². The van der Waals surface area contributed by atoms with E-state index in [2.05, 4.69) is 5.32 Å². The number of aliphatic hydroxyl groups is 1. The molecule has 0 spiro atoms. The molecule has 21 heavy (non-hydrogen) atoms. The monoisotopic (exact) mass is 304 g/mol. The molecular formula is C16H20N2O2S. The van der Waals surface area contributed by atoms with Crippen molar-refractivity contribution in [3.8, 4) is 0 Å². The molecular weight excluding hydrogens is 284 g/mol. The SMILES string of the molecule is Nc1cc2ccccc2cc1C(=O)NCCSCCCO. The Morgan fingerprint density at radius 2 is 1.90 bits per heavy atom. The summed E-state index contributed by atoms with van der Waals surface area (Å²) in [6.07, 6.45) is 0.788. The van der Waals surface area contributed by atoms with E-state index in [1.165, 1.54) is 0 Å². The molecule has 1 amide bonds. The minimum Gasteiger partial charge on any atom is -0.398 e. The van der Waals surface area contributed by atoms with E-state index < -0.39 is 0 Å². The van der Waals surface area contributed by atoms with E-state index in [9.17, 15) is 4.79 Å². The van der Waals surface area contributed by atoms with Crippen LogP contribution in [0.5, 0.6) is 0 Å². The number of anilines is 1. The number of fused-ring (bicyclic) bond motifs is 1. The van der Waals surface area contributed by atoms with Crippen LogP contribution in [0, 0.1) is 0 Å². The van der Waals surface area contributed by atoms with Gasteiger partial charge in [0.2, 0.25) is 0 Å². The zero-order valence-corrected chi connectivity index (χ0v) is 12.7. The molecule has 0 atom stereocenters. The summed E-state index contributed by atoms with van der Waals surface area (Å²) < 4.78 is 0. The van der Waals surface area contributed by atoms with Crippen molar-refractivity contribution >= 4 is 34.1 Å². The van der Waals surface area contributed by atoms with E-state index in [-0.39, 0.29) is 12.5 Å². The van der Waals surface area contributed by atoms with Crippen LogP contribution in [0.15, 0.2) is 36.4 Å². The van der Waals surface area contributed by atoms with Gasteiger partial charge < -0.3 is 16.2 Å². The first-order valence-corrected chi connectivity index (χ1v) is 8.13. The molecule has 0 aliphatic heterocycles. The van der Waals surface area contributed by atoms with Crippen LogP contribution in [-0.4, -0.2) is 35.7 Å². The number of carbonyl (C=O) groups is 1. The van der Waals surface area contributed by atoms with Crippen LogP contribution in [0.25, 0.3) is 10.8 Å². The van der Waals surface area contributed by atoms with Crippen molar-refractivity contribution in [2.45, 2.75) is 6.42 Å². The molecule has 0 bridgehead atoms. The smallest absolute Gasteiger partial charge is 0.253 e. The zero-order chi connectivity index (χ0) is 15.1. The lowest BCUT2D eigenvalue weighted by Crippen LogP contribution is -2.26. The number of thioether (sulfide) groups is 1. The molecule has 0 radical (unpaired) electrons. The van der Waals surface area contributed by atoms with Crippen LogP contribution >= 0.6 is 11.8 Å². The lowest BCUT2D eigenvalue weighted by atomic mass is 10.0. The Labute approximate surface area is 128 Å². The van der Waals surface area contributed by atoms with E-state index in [0.29, 0.717) is 17.8 Å². The van der Waals surface area contributed by atoms with Gasteiger partial charge in [-0.3, -0.25) is 4.79 Å². The third-order valence-corrected chi connectivity index (χ3v) is 4.21. The van der Waals surface area contributed by atoms with Crippen molar-refractivity contribution in [2.75, 3.05) is 30.4 Å². The fourth-order valence-corrected chi connectivity index (χ4v) is 2.84. The Morgan fingerprint density at radius 3 is 2.62 bits per heavy atom. The summed E-state index contributed by atoms with van der Waals surface area (Å²) in [7, 11) is 0. The number of carbonyl (C=O) groups excluding carboxylic acids is 1. The number of benzene rings is 2. The second kappa shape index (κ2) is 7.90. The van der Waals surface area contributed by atoms with Crippen LogP contribution in [-0.2, 0) is 0 Å². The number of nitrogen functional groups attached to an aromatic ring is 1. The maximum Gasteiger partial charge on any atom is 0.253 e. The summed E-state index contributed by atoms with van der Waals surface area (Å²) in [5.41, 5.74) is 6.99. The van der Waals surface area contributed by atoms with Gasteiger partial charge in [-0.25, -0.2) is 0 Å². The average molecular weight is 304 g/mol. The molecule has 0 aliphatic carbocycles. The highest BCUT2D eigenvalue weighted by atomic mass is 32.2. The quantitative estimate of drug-likeness (QED) is 0.542. The third-order valence-electron chi connectivity index (χ3n) is 3.14. The average Bonchev–Trinajstić information content (AvgIpc) is 2.49. The zero-order valence-electron chi connectivity index (χ0n) is 11.8. The second-order valence-corrected chi connectivity index (χ2v) is 5.96. The van der Waals surface area contributed by atoms with Gasteiger partial charge in [0.15, 0.2) is 0 Å². The molecule has 0 aromatic heterocycles. The molecule has 0 heterocycles. The van der Waals surface area contributed by atoms with Crippen molar-refractivity contribution in [2.24, 2.45) is 0 Å². The number of aliphatic hydroxyl groups excluding tert-OH is 1. The highest BCUT2D eigenvalue weighted by molar-refractivity contribution is 7.99. The summed E-state index contributed by atoms with van der Waals surface area (Å²) in [6.45, 7) is 0.814. The maximum absolute atomic E-state index is 12.2. The van der Waals surface area contributed by atoms with Gasteiger partial charge in [0.05, 0.1) is 5.56 Å². The molecule has 4 N–H and O–H groups in total. The predicted octanol–water partition coefficient (Wildman–Crippen LogP) is 2.27. The topological polar surface area (TPSA) is 75.4 Å². The van der Waals surface area contributed by atoms with E-state index in [4.69, 9.17) is 10.8 Å². The Bertz CT molecular complexity index is 616. The Balaban J connectivity index is 1.94. The number of hydrogen-bond donors (Lipinski definition) is 3. The molecule has 0 saturated heterocycles. The molecule has 5 heteroatoms. The minimum atomic E-state index is -0.138. The molecule has 0 unspecified atom stereocenters. The highest BCUT2D eigenvalue weighted by Crippen LogP contribution is 2.21. The Kier molecular flexibility index (Phi) is 5.90. The van der Waals surface area contributed by atoms with E-state index >= 15 is 0 Å². The Morgan fingerprint density at radius 1 is 1.19 bits per heavy atom. The number of nitrogens with one attached hydrogen (secondary N) is 1. The molecule has 4 nitrogen and oxygen atoms in total. The molecule has 2 aromatic rings. The molecule has 2 aromatic carbocycles. The van der Waals surface area contributed by atoms with Crippen molar-refractivity contribution in [1.82, 2.24) is 5.32 Å². The van der Waals surface area contributed by atoms with Crippen LogP contribution < -0.4 is 11.1 Å². The van der Waals surface area contributed by atoms with Gasteiger partial charge in [-0.15, -0.1) is 0 Å². The largest absolute Gasteiger partial charge is 0.398 e. The summed E-state index contributed by atoms with van der Waals surface area (Å²) in [5.74, 6) is 1.60. The molecule has 0 fully saturated rings. The van der Waals surface area contributed by atoms with Crippen molar-refractivity contribution in [1.29, 1.82) is 0 Å². The van der Waals surface area contributed by atoms with Gasteiger partial charge in [-0.05, 0) is 35.1 Å². The highest BCUT2D eigenvalue weighted by Gasteiger charge is 2.10. The van der Waals surface area contributed by atoms with E-state index in [1.807, 2.05) is 36.4 Å². The first kappa shape index (κ1) is 15.7. The molecule has 112 valence electrons. The van der Waals surface area contributed by atoms with Gasteiger partial charge in [-0.2, -0.15) is 11.8 Å². The minimum absolute atomic E-state index is 0.138.